The molecule has 0 bridgehead atoms. The van der Waals surface area contributed by atoms with Crippen LogP contribution in [0.25, 0.3) is 0 Å². The van der Waals surface area contributed by atoms with E-state index in [4.69, 9.17) is 0 Å². The first-order valence-electron chi connectivity index (χ1n) is 6.36. The average molecular weight is 302 g/mol. The molecular weight excluding hydrogens is 286 g/mol. The molecule has 0 aliphatic heterocycles. The first kappa shape index (κ1) is 11.9. The lowest BCUT2D eigenvalue weighted by Gasteiger charge is -2.05. The number of benzene rings is 2. The van der Waals surface area contributed by atoms with Gasteiger partial charge in [0, 0.05) is 23.0 Å². The van der Waals surface area contributed by atoms with Crippen molar-refractivity contribution in [3.63, 3.8) is 0 Å². The summed E-state index contributed by atoms with van der Waals surface area (Å²) in [6.07, 6.45) is 1.26. The molecule has 0 heterocycles. The topological polar surface area (TPSA) is 12.0 Å². The van der Waals surface area contributed by atoms with Gasteiger partial charge < -0.3 is 5.32 Å². The van der Waals surface area contributed by atoms with Gasteiger partial charge in [-0.3, -0.25) is 0 Å². The molecule has 2 aromatic carbocycles. The summed E-state index contributed by atoms with van der Waals surface area (Å²) in [6.45, 7) is 0.952. The molecule has 0 aromatic heterocycles. The molecule has 1 fully saturated rings. The lowest BCUT2D eigenvalue weighted by atomic mass is 10.1. The lowest BCUT2D eigenvalue weighted by molar-refractivity contribution is 0.672. The van der Waals surface area contributed by atoms with E-state index in [-0.39, 0.29) is 0 Å². The number of nitrogens with one attached hydrogen (secondary N) is 1. The quantitative estimate of drug-likeness (QED) is 0.897. The number of hydrogen-bond acceptors (Lipinski definition) is 1. The predicted octanol–water partition coefficient (Wildman–Crippen LogP) is 4.09. The molecule has 2 aromatic rings. The van der Waals surface area contributed by atoms with E-state index in [0.29, 0.717) is 12.0 Å². The van der Waals surface area contributed by atoms with Crippen molar-refractivity contribution in [2.45, 2.75) is 24.9 Å². The van der Waals surface area contributed by atoms with Crippen molar-refractivity contribution >= 4 is 15.9 Å². The number of hydrogen-bond donors (Lipinski definition) is 1. The van der Waals surface area contributed by atoms with Crippen molar-refractivity contribution in [1.29, 1.82) is 0 Å². The third-order valence-electron chi connectivity index (χ3n) is 3.48. The molecule has 0 spiro atoms. The van der Waals surface area contributed by atoms with Gasteiger partial charge in [0.2, 0.25) is 0 Å². The third kappa shape index (κ3) is 2.82. The Balaban J connectivity index is 1.55. The Morgan fingerprint density at radius 1 is 1.06 bits per heavy atom. The second-order valence-electron chi connectivity index (χ2n) is 4.87. The molecular formula is C16H16BrN. The summed E-state index contributed by atoms with van der Waals surface area (Å²) >= 11 is 3.51. The minimum absolute atomic E-state index is 0.645. The zero-order valence-electron chi connectivity index (χ0n) is 10.1. The summed E-state index contributed by atoms with van der Waals surface area (Å²) in [7, 11) is 0. The van der Waals surface area contributed by atoms with Crippen LogP contribution in [0.2, 0.25) is 0 Å². The van der Waals surface area contributed by atoms with Crippen LogP contribution in [0.1, 0.15) is 23.5 Å². The SMILES string of the molecule is Brc1cccc(CNC2CC2c2ccccc2)c1. The fourth-order valence-electron chi connectivity index (χ4n) is 2.39. The summed E-state index contributed by atoms with van der Waals surface area (Å²) in [6, 6.07) is 19.9. The van der Waals surface area contributed by atoms with E-state index in [0.717, 1.165) is 11.0 Å². The van der Waals surface area contributed by atoms with E-state index in [1.807, 2.05) is 0 Å². The Bertz CT molecular complexity index is 524. The molecule has 0 amide bonds. The van der Waals surface area contributed by atoms with Crippen LogP contribution in [0, 0.1) is 0 Å². The zero-order chi connectivity index (χ0) is 12.4. The van der Waals surface area contributed by atoms with Gasteiger partial charge in [0.25, 0.3) is 0 Å². The lowest BCUT2D eigenvalue weighted by Crippen LogP contribution is -2.17. The van der Waals surface area contributed by atoms with Gasteiger partial charge in [0.15, 0.2) is 0 Å². The van der Waals surface area contributed by atoms with Gasteiger partial charge >= 0.3 is 0 Å². The van der Waals surface area contributed by atoms with E-state index >= 15 is 0 Å². The van der Waals surface area contributed by atoms with Gasteiger partial charge in [-0.2, -0.15) is 0 Å². The van der Waals surface area contributed by atoms with Gasteiger partial charge in [0.1, 0.15) is 0 Å². The van der Waals surface area contributed by atoms with Crippen molar-refractivity contribution in [3.8, 4) is 0 Å². The van der Waals surface area contributed by atoms with Crippen molar-refractivity contribution in [2.75, 3.05) is 0 Å². The molecule has 2 heteroatoms. The van der Waals surface area contributed by atoms with Crippen LogP contribution in [-0.4, -0.2) is 6.04 Å². The van der Waals surface area contributed by atoms with Gasteiger partial charge in [-0.15, -0.1) is 0 Å². The van der Waals surface area contributed by atoms with Crippen LogP contribution in [0.5, 0.6) is 0 Å². The Kier molecular flexibility index (Phi) is 3.48. The highest BCUT2D eigenvalue weighted by molar-refractivity contribution is 9.10. The summed E-state index contributed by atoms with van der Waals surface area (Å²) < 4.78 is 1.15. The highest BCUT2D eigenvalue weighted by atomic mass is 79.9. The van der Waals surface area contributed by atoms with E-state index in [2.05, 4.69) is 75.8 Å². The maximum Gasteiger partial charge on any atom is 0.0208 e. The first-order valence-corrected chi connectivity index (χ1v) is 7.15. The zero-order valence-corrected chi connectivity index (χ0v) is 11.7. The van der Waals surface area contributed by atoms with Crippen molar-refractivity contribution < 1.29 is 0 Å². The highest BCUT2D eigenvalue weighted by Gasteiger charge is 2.37. The first-order chi connectivity index (χ1) is 8.83. The molecule has 0 radical (unpaired) electrons. The molecule has 92 valence electrons. The van der Waals surface area contributed by atoms with Crippen molar-refractivity contribution in [2.24, 2.45) is 0 Å². The molecule has 2 atom stereocenters. The molecule has 1 aliphatic carbocycles. The minimum atomic E-state index is 0.645. The molecule has 18 heavy (non-hydrogen) atoms. The summed E-state index contributed by atoms with van der Waals surface area (Å²) in [5, 5.41) is 3.63. The maximum absolute atomic E-state index is 3.63. The molecule has 1 N–H and O–H groups in total. The number of halogens is 1. The van der Waals surface area contributed by atoms with Crippen LogP contribution < -0.4 is 5.32 Å². The number of rotatable bonds is 4. The second kappa shape index (κ2) is 5.25. The van der Waals surface area contributed by atoms with Crippen LogP contribution in [0.3, 0.4) is 0 Å². The van der Waals surface area contributed by atoms with Crippen LogP contribution in [0.15, 0.2) is 59.1 Å². The second-order valence-corrected chi connectivity index (χ2v) is 5.79. The van der Waals surface area contributed by atoms with E-state index < -0.39 is 0 Å². The van der Waals surface area contributed by atoms with Crippen molar-refractivity contribution in [3.05, 3.63) is 70.2 Å². The summed E-state index contributed by atoms with van der Waals surface area (Å²) in [4.78, 5) is 0. The molecule has 1 nitrogen and oxygen atoms in total. The fourth-order valence-corrected chi connectivity index (χ4v) is 2.83. The Morgan fingerprint density at radius 2 is 1.89 bits per heavy atom. The van der Waals surface area contributed by atoms with Gasteiger partial charge in [0.05, 0.1) is 0 Å². The van der Waals surface area contributed by atoms with E-state index in [1.165, 1.54) is 17.5 Å². The normalized spacial score (nSPS) is 21.8. The average Bonchev–Trinajstić information content (AvgIpc) is 3.17. The summed E-state index contributed by atoms with van der Waals surface area (Å²) in [5.41, 5.74) is 2.80. The largest absolute Gasteiger partial charge is 0.309 e. The Labute approximate surface area is 116 Å². The summed E-state index contributed by atoms with van der Waals surface area (Å²) in [5.74, 6) is 0.707. The molecule has 1 saturated carbocycles. The maximum atomic E-state index is 3.63. The van der Waals surface area contributed by atoms with Gasteiger partial charge in [-0.05, 0) is 29.7 Å². The molecule has 3 rings (SSSR count). The highest BCUT2D eigenvalue weighted by Crippen LogP contribution is 2.40. The van der Waals surface area contributed by atoms with Crippen LogP contribution in [0.4, 0.5) is 0 Å². The van der Waals surface area contributed by atoms with Gasteiger partial charge in [-0.1, -0.05) is 58.4 Å². The fraction of sp³-hybridized carbons (Fsp3) is 0.250. The van der Waals surface area contributed by atoms with Gasteiger partial charge in [-0.25, -0.2) is 0 Å². The molecule has 0 saturated heterocycles. The Hall–Kier alpha value is -1.12. The van der Waals surface area contributed by atoms with E-state index in [1.54, 1.807) is 0 Å². The van der Waals surface area contributed by atoms with Crippen LogP contribution in [-0.2, 0) is 6.54 Å². The molecule has 2 unspecified atom stereocenters. The third-order valence-corrected chi connectivity index (χ3v) is 3.97. The molecule has 1 aliphatic rings. The smallest absolute Gasteiger partial charge is 0.0208 e. The van der Waals surface area contributed by atoms with E-state index in [9.17, 15) is 0 Å². The minimum Gasteiger partial charge on any atom is -0.309 e. The van der Waals surface area contributed by atoms with Crippen molar-refractivity contribution in [1.82, 2.24) is 5.32 Å². The standard InChI is InChI=1S/C16H16BrN/c17-14-8-4-5-12(9-14)11-18-16-10-15(16)13-6-2-1-3-7-13/h1-9,15-16,18H,10-11H2. The Morgan fingerprint density at radius 3 is 2.67 bits per heavy atom. The van der Waals surface area contributed by atoms with Crippen LogP contribution >= 0.6 is 15.9 Å². The monoisotopic (exact) mass is 301 g/mol. The predicted molar refractivity (Wildman–Crippen MR) is 78.6 cm³/mol.